The summed E-state index contributed by atoms with van der Waals surface area (Å²) >= 11 is 1.45. The number of carbonyl (C=O) groups is 1. The Balaban J connectivity index is 2.21. The largest absolute Gasteiger partial charge is 0.497 e. The monoisotopic (exact) mass is 288 g/mol. The summed E-state index contributed by atoms with van der Waals surface area (Å²) in [4.78, 5) is 12.9. The van der Waals surface area contributed by atoms with Crippen LogP contribution in [-0.4, -0.2) is 13.0 Å². The number of carbonyl (C=O) groups excluding carboxylic acids is 1. The molecule has 0 aromatic heterocycles. The van der Waals surface area contributed by atoms with Crippen LogP contribution < -0.4 is 16.0 Å². The zero-order valence-corrected chi connectivity index (χ0v) is 11.9. The highest BCUT2D eigenvalue weighted by Crippen LogP contribution is 2.35. The molecule has 0 aliphatic rings. The van der Waals surface area contributed by atoms with Crippen LogP contribution in [0.1, 0.15) is 10.8 Å². The molecule has 0 aliphatic heterocycles. The summed E-state index contributed by atoms with van der Waals surface area (Å²) in [5.74, 6) is 5.84. The maximum absolute atomic E-state index is 12.0. The number of ether oxygens (including phenoxy) is 1. The third-order valence-corrected chi connectivity index (χ3v) is 4.06. The number of amides is 1. The zero-order chi connectivity index (χ0) is 14.4. The van der Waals surface area contributed by atoms with Crippen LogP contribution in [0.15, 0.2) is 59.5 Å². The van der Waals surface area contributed by atoms with E-state index in [-0.39, 0.29) is 11.2 Å². The van der Waals surface area contributed by atoms with Gasteiger partial charge in [-0.15, -0.1) is 11.8 Å². The van der Waals surface area contributed by atoms with Gasteiger partial charge in [-0.3, -0.25) is 10.2 Å². The molecular formula is C15H16N2O2S. The zero-order valence-electron chi connectivity index (χ0n) is 11.1. The number of thioether (sulfide) groups is 1. The van der Waals surface area contributed by atoms with Crippen molar-refractivity contribution in [3.8, 4) is 5.75 Å². The fourth-order valence-electron chi connectivity index (χ4n) is 1.77. The summed E-state index contributed by atoms with van der Waals surface area (Å²) in [6.07, 6.45) is 0. The first-order valence-electron chi connectivity index (χ1n) is 6.10. The lowest BCUT2D eigenvalue weighted by molar-refractivity contribution is -0.120. The fourth-order valence-corrected chi connectivity index (χ4v) is 2.80. The summed E-state index contributed by atoms with van der Waals surface area (Å²) in [5, 5.41) is -0.380. The van der Waals surface area contributed by atoms with Crippen LogP contribution in [0.5, 0.6) is 5.75 Å². The molecule has 0 aliphatic carbocycles. The van der Waals surface area contributed by atoms with Crippen LogP contribution in [0.25, 0.3) is 0 Å². The predicted octanol–water partition coefficient (Wildman–Crippen LogP) is 2.52. The van der Waals surface area contributed by atoms with E-state index in [1.54, 1.807) is 7.11 Å². The summed E-state index contributed by atoms with van der Waals surface area (Å²) in [7, 11) is 1.62. The number of benzene rings is 2. The number of hydrogen-bond donors (Lipinski definition) is 2. The second kappa shape index (κ2) is 6.98. The second-order valence-electron chi connectivity index (χ2n) is 4.09. The van der Waals surface area contributed by atoms with Gasteiger partial charge in [0.05, 0.1) is 7.11 Å². The van der Waals surface area contributed by atoms with Crippen molar-refractivity contribution in [2.75, 3.05) is 7.11 Å². The minimum atomic E-state index is -0.380. The smallest absolute Gasteiger partial charge is 0.251 e. The quantitative estimate of drug-likeness (QED) is 0.384. The van der Waals surface area contributed by atoms with Crippen molar-refractivity contribution in [1.82, 2.24) is 5.43 Å². The lowest BCUT2D eigenvalue weighted by Crippen LogP contribution is -2.33. The van der Waals surface area contributed by atoms with Crippen LogP contribution in [0.4, 0.5) is 0 Å². The van der Waals surface area contributed by atoms with E-state index in [0.29, 0.717) is 0 Å². The Bertz CT molecular complexity index is 558. The molecule has 1 atom stereocenters. The molecule has 1 amide bonds. The van der Waals surface area contributed by atoms with Gasteiger partial charge >= 0.3 is 0 Å². The molecule has 1 unspecified atom stereocenters. The van der Waals surface area contributed by atoms with Gasteiger partial charge in [-0.05, 0) is 29.8 Å². The Hall–Kier alpha value is -1.98. The molecule has 5 heteroatoms. The van der Waals surface area contributed by atoms with E-state index in [2.05, 4.69) is 5.43 Å². The van der Waals surface area contributed by atoms with Crippen LogP contribution in [0, 0.1) is 0 Å². The van der Waals surface area contributed by atoms with E-state index >= 15 is 0 Å². The van der Waals surface area contributed by atoms with Gasteiger partial charge in [0, 0.05) is 4.90 Å². The molecule has 0 saturated carbocycles. The molecule has 0 saturated heterocycles. The number of methoxy groups -OCH3 is 1. The highest BCUT2D eigenvalue weighted by molar-refractivity contribution is 8.00. The highest BCUT2D eigenvalue weighted by Gasteiger charge is 2.20. The van der Waals surface area contributed by atoms with Gasteiger partial charge in [0.25, 0.3) is 5.91 Å². The molecule has 0 fully saturated rings. The Morgan fingerprint density at radius 1 is 1.15 bits per heavy atom. The van der Waals surface area contributed by atoms with E-state index in [4.69, 9.17) is 10.6 Å². The maximum Gasteiger partial charge on any atom is 0.251 e. The van der Waals surface area contributed by atoms with Gasteiger partial charge < -0.3 is 4.74 Å². The number of hydrogen-bond acceptors (Lipinski definition) is 4. The predicted molar refractivity (Wildman–Crippen MR) is 80.4 cm³/mol. The topological polar surface area (TPSA) is 64.3 Å². The van der Waals surface area contributed by atoms with Crippen molar-refractivity contribution in [2.24, 2.45) is 5.84 Å². The van der Waals surface area contributed by atoms with Crippen molar-refractivity contribution in [1.29, 1.82) is 0 Å². The van der Waals surface area contributed by atoms with Crippen LogP contribution in [0.2, 0.25) is 0 Å². The Labute approximate surface area is 122 Å². The molecule has 2 rings (SSSR count). The first kappa shape index (κ1) is 14.4. The molecule has 104 valence electrons. The van der Waals surface area contributed by atoms with Crippen molar-refractivity contribution in [3.63, 3.8) is 0 Å². The molecule has 2 aromatic carbocycles. The lowest BCUT2D eigenvalue weighted by Gasteiger charge is -2.15. The van der Waals surface area contributed by atoms with E-state index in [1.807, 2.05) is 54.6 Å². The third-order valence-electron chi connectivity index (χ3n) is 2.80. The van der Waals surface area contributed by atoms with Crippen LogP contribution >= 0.6 is 11.8 Å². The first-order valence-corrected chi connectivity index (χ1v) is 6.98. The van der Waals surface area contributed by atoms with Crippen molar-refractivity contribution >= 4 is 17.7 Å². The number of nitrogens with one attached hydrogen (secondary N) is 1. The van der Waals surface area contributed by atoms with E-state index < -0.39 is 0 Å². The standard InChI is InChI=1S/C15H16N2O2S/c1-19-12-7-9-13(10-8-12)20-14(15(18)17-16)11-5-3-2-4-6-11/h2-10,14H,16H2,1H3,(H,17,18). The third kappa shape index (κ3) is 3.53. The average molecular weight is 288 g/mol. The Morgan fingerprint density at radius 3 is 2.35 bits per heavy atom. The Kier molecular flexibility index (Phi) is 5.03. The molecule has 0 radical (unpaired) electrons. The normalized spacial score (nSPS) is 11.7. The summed E-state index contributed by atoms with van der Waals surface area (Å²) in [6.45, 7) is 0. The number of hydrazine groups is 1. The summed E-state index contributed by atoms with van der Waals surface area (Å²) in [5.41, 5.74) is 3.14. The van der Waals surface area contributed by atoms with Crippen molar-refractivity contribution in [3.05, 3.63) is 60.2 Å². The fraction of sp³-hybridized carbons (Fsp3) is 0.133. The molecule has 0 spiro atoms. The average Bonchev–Trinajstić information content (AvgIpc) is 2.53. The van der Waals surface area contributed by atoms with Gasteiger partial charge in [0.15, 0.2) is 0 Å². The molecule has 2 aromatic rings. The minimum absolute atomic E-state index is 0.225. The second-order valence-corrected chi connectivity index (χ2v) is 5.27. The van der Waals surface area contributed by atoms with E-state index in [9.17, 15) is 4.79 Å². The van der Waals surface area contributed by atoms with E-state index in [0.717, 1.165) is 16.2 Å². The van der Waals surface area contributed by atoms with Crippen LogP contribution in [0.3, 0.4) is 0 Å². The lowest BCUT2D eigenvalue weighted by atomic mass is 10.1. The minimum Gasteiger partial charge on any atom is -0.497 e. The van der Waals surface area contributed by atoms with Crippen LogP contribution in [-0.2, 0) is 4.79 Å². The molecule has 3 N–H and O–H groups in total. The number of rotatable bonds is 5. The van der Waals surface area contributed by atoms with Gasteiger partial charge in [0.2, 0.25) is 0 Å². The number of nitrogens with two attached hydrogens (primary N) is 1. The molecule has 20 heavy (non-hydrogen) atoms. The molecule has 4 nitrogen and oxygen atoms in total. The van der Waals surface area contributed by atoms with Gasteiger partial charge in [-0.25, -0.2) is 5.84 Å². The molecule has 0 heterocycles. The summed E-state index contributed by atoms with van der Waals surface area (Å²) in [6, 6.07) is 17.1. The Morgan fingerprint density at radius 2 is 1.80 bits per heavy atom. The molecule has 0 bridgehead atoms. The first-order chi connectivity index (χ1) is 9.74. The van der Waals surface area contributed by atoms with Gasteiger partial charge in [-0.2, -0.15) is 0 Å². The van der Waals surface area contributed by atoms with E-state index in [1.165, 1.54) is 11.8 Å². The van der Waals surface area contributed by atoms with Crippen molar-refractivity contribution < 1.29 is 9.53 Å². The summed E-state index contributed by atoms with van der Waals surface area (Å²) < 4.78 is 5.12. The highest BCUT2D eigenvalue weighted by atomic mass is 32.2. The SMILES string of the molecule is COc1ccc(SC(C(=O)NN)c2ccccc2)cc1. The van der Waals surface area contributed by atoms with Crippen molar-refractivity contribution in [2.45, 2.75) is 10.1 Å². The maximum atomic E-state index is 12.0. The molecular weight excluding hydrogens is 272 g/mol. The van der Waals surface area contributed by atoms with Gasteiger partial charge in [-0.1, -0.05) is 30.3 Å². The van der Waals surface area contributed by atoms with Gasteiger partial charge in [0.1, 0.15) is 11.0 Å².